The molecule has 1 N–H and O–H groups in total. The fourth-order valence-electron chi connectivity index (χ4n) is 2.33. The summed E-state index contributed by atoms with van der Waals surface area (Å²) < 4.78 is 0. The maximum Gasteiger partial charge on any atom is 0.314 e. The summed E-state index contributed by atoms with van der Waals surface area (Å²) in [5.41, 5.74) is 0.651. The van der Waals surface area contributed by atoms with E-state index < -0.39 is 11.4 Å². The summed E-state index contributed by atoms with van der Waals surface area (Å²) in [6.07, 6.45) is 3.08. The van der Waals surface area contributed by atoms with Crippen LogP contribution in [0.5, 0.6) is 0 Å². The van der Waals surface area contributed by atoms with Crippen LogP contribution in [0.2, 0.25) is 0 Å². The topological polar surface area (TPSA) is 67.3 Å². The Bertz CT molecular complexity index is 440. The molecule has 0 atom stereocenters. The monoisotopic (exact) mass is 233 g/mol. The van der Waals surface area contributed by atoms with Gasteiger partial charge in [-0.25, -0.2) is 0 Å². The highest BCUT2D eigenvalue weighted by atomic mass is 16.4. The third kappa shape index (κ3) is 2.07. The first-order valence-electron chi connectivity index (χ1n) is 5.73. The molecule has 90 valence electrons. The zero-order valence-corrected chi connectivity index (χ0v) is 9.77. The maximum atomic E-state index is 11.5. The highest BCUT2D eigenvalue weighted by Gasteiger charge is 2.43. The normalized spacial score (nSPS) is 19.0. The van der Waals surface area contributed by atoms with Crippen LogP contribution in [-0.2, 0) is 15.0 Å². The smallest absolute Gasteiger partial charge is 0.314 e. The van der Waals surface area contributed by atoms with Crippen molar-refractivity contribution in [1.82, 2.24) is 4.98 Å². The molecule has 1 aromatic heterocycles. The van der Waals surface area contributed by atoms with Gasteiger partial charge < -0.3 is 5.11 Å². The molecule has 17 heavy (non-hydrogen) atoms. The van der Waals surface area contributed by atoms with E-state index in [4.69, 9.17) is 0 Å². The van der Waals surface area contributed by atoms with E-state index in [0.717, 1.165) is 5.69 Å². The first-order chi connectivity index (χ1) is 8.04. The summed E-state index contributed by atoms with van der Waals surface area (Å²) >= 11 is 0. The van der Waals surface area contributed by atoms with Crippen LogP contribution in [0.15, 0.2) is 18.3 Å². The molecule has 0 saturated heterocycles. The number of carboxylic acids is 1. The lowest BCUT2D eigenvalue weighted by Gasteiger charge is -2.32. The highest BCUT2D eigenvalue weighted by molar-refractivity contribution is 5.87. The minimum atomic E-state index is -0.922. The molecule has 1 aromatic rings. The molecule has 2 rings (SSSR count). The average molecular weight is 233 g/mol. The first kappa shape index (κ1) is 11.8. The Morgan fingerprint density at radius 3 is 2.47 bits per heavy atom. The fraction of sp³-hybridized carbons (Fsp3) is 0.462. The van der Waals surface area contributed by atoms with E-state index in [1.807, 2.05) is 19.1 Å². The zero-order chi connectivity index (χ0) is 12.5. The van der Waals surface area contributed by atoms with Crippen LogP contribution in [0.3, 0.4) is 0 Å². The molecular formula is C13H15NO3. The zero-order valence-electron chi connectivity index (χ0n) is 9.77. The van der Waals surface area contributed by atoms with Crippen LogP contribution in [0.1, 0.15) is 36.9 Å². The molecule has 0 unspecified atom stereocenters. The lowest BCUT2D eigenvalue weighted by atomic mass is 9.69. The standard InChI is InChI=1S/C13H15NO3/c1-9-2-3-10(8-14-9)13(12(16)17)6-4-11(15)5-7-13/h2-3,8H,4-7H2,1H3,(H,16,17). The van der Waals surface area contributed by atoms with E-state index >= 15 is 0 Å². The van der Waals surface area contributed by atoms with Crippen LogP contribution in [-0.4, -0.2) is 21.8 Å². The van der Waals surface area contributed by atoms with Crippen molar-refractivity contribution < 1.29 is 14.7 Å². The molecule has 1 aliphatic carbocycles. The second-order valence-corrected chi connectivity index (χ2v) is 4.61. The van der Waals surface area contributed by atoms with Gasteiger partial charge in [0.15, 0.2) is 0 Å². The number of Topliss-reactive ketones (excluding diaryl/α,β-unsaturated/α-hetero) is 1. The molecule has 0 radical (unpaired) electrons. The van der Waals surface area contributed by atoms with E-state index in [1.54, 1.807) is 6.20 Å². The number of carboxylic acid groups (broad SMARTS) is 1. The number of hydrogen-bond donors (Lipinski definition) is 1. The van der Waals surface area contributed by atoms with E-state index in [0.29, 0.717) is 31.2 Å². The lowest BCUT2D eigenvalue weighted by Crippen LogP contribution is -2.39. The van der Waals surface area contributed by atoms with E-state index in [9.17, 15) is 14.7 Å². The van der Waals surface area contributed by atoms with Crippen LogP contribution < -0.4 is 0 Å². The Balaban J connectivity index is 2.38. The maximum absolute atomic E-state index is 11.5. The SMILES string of the molecule is Cc1ccc(C2(C(=O)O)CCC(=O)CC2)cn1. The van der Waals surface area contributed by atoms with Gasteiger partial charge in [-0.3, -0.25) is 14.6 Å². The molecule has 4 heteroatoms. The van der Waals surface area contributed by atoms with Gasteiger partial charge in [-0.15, -0.1) is 0 Å². The summed E-state index contributed by atoms with van der Waals surface area (Å²) in [5.74, 6) is -0.697. The Hall–Kier alpha value is -1.71. The van der Waals surface area contributed by atoms with Crippen molar-refractivity contribution in [3.05, 3.63) is 29.6 Å². The number of aliphatic carboxylic acids is 1. The van der Waals surface area contributed by atoms with Crippen molar-refractivity contribution in [2.75, 3.05) is 0 Å². The lowest BCUT2D eigenvalue weighted by molar-refractivity contribution is -0.146. The molecule has 1 fully saturated rings. The number of nitrogens with zero attached hydrogens (tertiary/aromatic N) is 1. The van der Waals surface area contributed by atoms with Gasteiger partial charge in [0.2, 0.25) is 0 Å². The van der Waals surface area contributed by atoms with Gasteiger partial charge >= 0.3 is 5.97 Å². The van der Waals surface area contributed by atoms with Crippen LogP contribution in [0.25, 0.3) is 0 Å². The van der Waals surface area contributed by atoms with Crippen LogP contribution >= 0.6 is 0 Å². The second-order valence-electron chi connectivity index (χ2n) is 4.61. The van der Waals surface area contributed by atoms with Gasteiger partial charge in [0.05, 0.1) is 5.41 Å². The molecule has 4 nitrogen and oxygen atoms in total. The van der Waals surface area contributed by atoms with Gasteiger partial charge in [-0.1, -0.05) is 6.07 Å². The molecule has 1 saturated carbocycles. The summed E-state index contributed by atoms with van der Waals surface area (Å²) in [6.45, 7) is 1.86. The Kier molecular flexibility index (Phi) is 2.96. The quantitative estimate of drug-likeness (QED) is 0.846. The predicted octanol–water partition coefficient (Wildman–Crippen LogP) is 1.86. The first-order valence-corrected chi connectivity index (χ1v) is 5.73. The van der Waals surface area contributed by atoms with Gasteiger partial charge in [0.1, 0.15) is 5.78 Å². The summed E-state index contributed by atoms with van der Waals surface area (Å²) in [7, 11) is 0. The summed E-state index contributed by atoms with van der Waals surface area (Å²) in [5, 5.41) is 9.46. The van der Waals surface area contributed by atoms with Crippen molar-refractivity contribution in [3.63, 3.8) is 0 Å². The van der Waals surface area contributed by atoms with E-state index in [1.165, 1.54) is 0 Å². The van der Waals surface area contributed by atoms with Crippen molar-refractivity contribution in [1.29, 1.82) is 0 Å². The van der Waals surface area contributed by atoms with Crippen molar-refractivity contribution >= 4 is 11.8 Å². The largest absolute Gasteiger partial charge is 0.481 e. The van der Waals surface area contributed by atoms with Crippen molar-refractivity contribution in [3.8, 4) is 0 Å². The number of rotatable bonds is 2. The third-order valence-electron chi connectivity index (χ3n) is 3.53. The van der Waals surface area contributed by atoms with Gasteiger partial charge in [0.25, 0.3) is 0 Å². The molecule has 1 aliphatic rings. The van der Waals surface area contributed by atoms with Gasteiger partial charge in [-0.05, 0) is 31.4 Å². The van der Waals surface area contributed by atoms with Crippen molar-refractivity contribution in [2.24, 2.45) is 0 Å². The minimum absolute atomic E-state index is 0.155. The Labute approximate surface area is 99.7 Å². The molecule has 1 heterocycles. The Morgan fingerprint density at radius 2 is 2.00 bits per heavy atom. The number of hydrogen-bond acceptors (Lipinski definition) is 3. The number of aryl methyl sites for hydroxylation is 1. The highest BCUT2D eigenvalue weighted by Crippen LogP contribution is 2.38. The van der Waals surface area contributed by atoms with E-state index in [2.05, 4.69) is 4.98 Å². The third-order valence-corrected chi connectivity index (χ3v) is 3.53. The number of aromatic nitrogens is 1. The number of pyridine rings is 1. The second kappa shape index (κ2) is 4.28. The number of carbonyl (C=O) groups is 2. The molecule has 0 aromatic carbocycles. The van der Waals surface area contributed by atoms with Crippen LogP contribution in [0, 0.1) is 6.92 Å². The number of carbonyl (C=O) groups excluding carboxylic acids is 1. The predicted molar refractivity (Wildman–Crippen MR) is 61.8 cm³/mol. The van der Waals surface area contributed by atoms with Gasteiger partial charge in [0, 0.05) is 24.7 Å². The Morgan fingerprint density at radius 1 is 1.35 bits per heavy atom. The molecule has 0 spiro atoms. The van der Waals surface area contributed by atoms with Crippen molar-refractivity contribution in [2.45, 2.75) is 38.0 Å². The van der Waals surface area contributed by atoms with Crippen LogP contribution in [0.4, 0.5) is 0 Å². The fourth-order valence-corrected chi connectivity index (χ4v) is 2.33. The molecular weight excluding hydrogens is 218 g/mol. The molecule has 0 aliphatic heterocycles. The average Bonchev–Trinajstić information content (AvgIpc) is 2.31. The number of ketones is 1. The minimum Gasteiger partial charge on any atom is -0.481 e. The summed E-state index contributed by atoms with van der Waals surface area (Å²) in [6, 6.07) is 3.63. The summed E-state index contributed by atoms with van der Waals surface area (Å²) in [4.78, 5) is 26.9. The molecule has 0 bridgehead atoms. The molecule has 0 amide bonds. The van der Waals surface area contributed by atoms with E-state index in [-0.39, 0.29) is 5.78 Å². The van der Waals surface area contributed by atoms with Gasteiger partial charge in [-0.2, -0.15) is 0 Å².